The smallest absolute Gasteiger partial charge is 0.242 e. The Labute approximate surface area is 151 Å². The second-order valence-electron chi connectivity index (χ2n) is 5.71. The van der Waals surface area contributed by atoms with Crippen molar-refractivity contribution in [2.45, 2.75) is 25.9 Å². The Kier molecular flexibility index (Phi) is 6.53. The van der Waals surface area contributed by atoms with Gasteiger partial charge in [-0.1, -0.05) is 41.9 Å². The number of carbonyl (C=O) groups excluding carboxylic acids is 2. The molecule has 4 nitrogen and oxygen atoms in total. The van der Waals surface area contributed by atoms with E-state index in [0.717, 1.165) is 5.56 Å². The first-order valence-corrected chi connectivity index (χ1v) is 8.29. The minimum atomic E-state index is -0.681. The van der Waals surface area contributed by atoms with Crippen molar-refractivity contribution in [1.82, 2.24) is 10.2 Å². The molecular weight excluding hydrogens is 343 g/mol. The largest absolute Gasteiger partial charge is 0.357 e. The zero-order valence-electron chi connectivity index (χ0n) is 14.1. The lowest BCUT2D eigenvalue weighted by molar-refractivity contribution is -0.139. The lowest BCUT2D eigenvalue weighted by atomic mass is 10.1. The number of carbonyl (C=O) groups is 2. The van der Waals surface area contributed by atoms with Crippen LogP contribution in [0.2, 0.25) is 5.02 Å². The van der Waals surface area contributed by atoms with Gasteiger partial charge in [0.05, 0.1) is 6.42 Å². The van der Waals surface area contributed by atoms with Gasteiger partial charge in [-0.15, -0.1) is 0 Å². The molecule has 0 unspecified atom stereocenters. The number of rotatable bonds is 6. The van der Waals surface area contributed by atoms with Gasteiger partial charge in [-0.2, -0.15) is 0 Å². The van der Waals surface area contributed by atoms with E-state index in [1.165, 1.54) is 18.0 Å². The summed E-state index contributed by atoms with van der Waals surface area (Å²) in [5.41, 5.74) is 1.14. The van der Waals surface area contributed by atoms with Crippen LogP contribution in [0.4, 0.5) is 4.39 Å². The van der Waals surface area contributed by atoms with Gasteiger partial charge in [0, 0.05) is 18.6 Å². The van der Waals surface area contributed by atoms with E-state index < -0.39 is 11.9 Å². The third-order valence-corrected chi connectivity index (χ3v) is 4.23. The van der Waals surface area contributed by atoms with Gasteiger partial charge in [-0.05, 0) is 36.2 Å². The fraction of sp³-hybridized carbons (Fsp3) is 0.263. The molecule has 2 aromatic carbocycles. The van der Waals surface area contributed by atoms with Gasteiger partial charge in [0.25, 0.3) is 0 Å². The van der Waals surface area contributed by atoms with Crippen LogP contribution in [0, 0.1) is 5.82 Å². The van der Waals surface area contributed by atoms with Crippen molar-refractivity contribution in [3.05, 3.63) is 70.5 Å². The minimum Gasteiger partial charge on any atom is -0.357 e. The van der Waals surface area contributed by atoms with Crippen LogP contribution < -0.4 is 5.32 Å². The highest BCUT2D eigenvalue weighted by atomic mass is 35.5. The van der Waals surface area contributed by atoms with E-state index in [2.05, 4.69) is 5.32 Å². The lowest BCUT2D eigenvalue weighted by Gasteiger charge is -2.28. The summed E-state index contributed by atoms with van der Waals surface area (Å²) in [6, 6.07) is 12.5. The molecule has 25 heavy (non-hydrogen) atoms. The topological polar surface area (TPSA) is 49.4 Å². The van der Waals surface area contributed by atoms with Crippen molar-refractivity contribution in [2.75, 3.05) is 7.05 Å². The Morgan fingerprint density at radius 2 is 1.80 bits per heavy atom. The molecule has 0 radical (unpaired) electrons. The predicted octanol–water partition coefficient (Wildman–Crippen LogP) is 3.18. The van der Waals surface area contributed by atoms with Crippen LogP contribution in [0.25, 0.3) is 0 Å². The molecule has 0 saturated carbocycles. The zero-order valence-corrected chi connectivity index (χ0v) is 14.9. The van der Waals surface area contributed by atoms with Crippen molar-refractivity contribution >= 4 is 23.4 Å². The van der Waals surface area contributed by atoms with Crippen LogP contribution in [0.15, 0.2) is 48.5 Å². The number of hydrogen-bond acceptors (Lipinski definition) is 2. The monoisotopic (exact) mass is 362 g/mol. The molecule has 0 heterocycles. The van der Waals surface area contributed by atoms with E-state index in [9.17, 15) is 14.0 Å². The van der Waals surface area contributed by atoms with Gasteiger partial charge >= 0.3 is 0 Å². The number of likely N-dealkylation sites (N-methyl/N-ethyl adjacent to an activating group) is 1. The molecule has 0 bridgehead atoms. The molecule has 2 rings (SSSR count). The molecule has 0 spiro atoms. The van der Waals surface area contributed by atoms with E-state index in [-0.39, 0.29) is 24.8 Å². The summed E-state index contributed by atoms with van der Waals surface area (Å²) >= 11 is 5.88. The molecule has 0 aliphatic rings. The Morgan fingerprint density at radius 1 is 1.16 bits per heavy atom. The molecule has 2 amide bonds. The summed E-state index contributed by atoms with van der Waals surface area (Å²) in [4.78, 5) is 26.2. The molecular formula is C19H20ClFN2O2. The number of hydrogen-bond donors (Lipinski definition) is 1. The summed E-state index contributed by atoms with van der Waals surface area (Å²) in [6.07, 6.45) is -0.110. The average Bonchev–Trinajstić information content (AvgIpc) is 2.61. The van der Waals surface area contributed by atoms with E-state index in [1.807, 2.05) is 0 Å². The molecule has 0 saturated heterocycles. The van der Waals surface area contributed by atoms with Crippen molar-refractivity contribution < 1.29 is 14.0 Å². The van der Waals surface area contributed by atoms with Crippen LogP contribution >= 0.6 is 11.6 Å². The molecule has 6 heteroatoms. The molecule has 0 fully saturated rings. The molecule has 1 N–H and O–H groups in total. The maximum atomic E-state index is 13.8. The second kappa shape index (κ2) is 8.62. The highest BCUT2D eigenvalue weighted by Gasteiger charge is 2.26. The number of nitrogens with zero attached hydrogens (tertiary/aromatic N) is 1. The van der Waals surface area contributed by atoms with Gasteiger partial charge in [0.2, 0.25) is 11.8 Å². The number of amides is 2. The molecule has 1 atom stereocenters. The number of nitrogens with one attached hydrogen (secondary N) is 1. The maximum absolute atomic E-state index is 13.8. The summed E-state index contributed by atoms with van der Waals surface area (Å²) in [5, 5.41) is 3.13. The molecule has 0 aliphatic carbocycles. The lowest BCUT2D eigenvalue weighted by Crippen LogP contribution is -2.47. The average molecular weight is 363 g/mol. The van der Waals surface area contributed by atoms with Gasteiger partial charge in [0.1, 0.15) is 11.9 Å². The van der Waals surface area contributed by atoms with Gasteiger partial charge in [-0.3, -0.25) is 9.59 Å². The third kappa shape index (κ3) is 5.03. The minimum absolute atomic E-state index is 0.110. The summed E-state index contributed by atoms with van der Waals surface area (Å²) in [6.45, 7) is 1.88. The fourth-order valence-corrected chi connectivity index (χ4v) is 2.61. The predicted molar refractivity (Wildman–Crippen MR) is 95.6 cm³/mol. The SMILES string of the molecule is CNC(=O)[C@H](C)N(Cc1ccc(Cl)cc1)C(=O)Cc1ccccc1F. The van der Waals surface area contributed by atoms with Gasteiger partial charge in [-0.25, -0.2) is 4.39 Å². The zero-order chi connectivity index (χ0) is 18.4. The Hall–Kier alpha value is -2.40. The Balaban J connectivity index is 2.23. The normalized spacial score (nSPS) is 11.7. The molecule has 132 valence electrons. The van der Waals surface area contributed by atoms with E-state index >= 15 is 0 Å². The first-order chi connectivity index (χ1) is 11.9. The Bertz CT molecular complexity index is 749. The highest BCUT2D eigenvalue weighted by Crippen LogP contribution is 2.16. The van der Waals surface area contributed by atoms with Crippen LogP contribution in [0.3, 0.4) is 0 Å². The summed E-state index contributed by atoms with van der Waals surface area (Å²) in [5.74, 6) is -1.04. The van der Waals surface area contributed by atoms with Gasteiger partial charge in [0.15, 0.2) is 0 Å². The Morgan fingerprint density at radius 3 is 2.40 bits per heavy atom. The first kappa shape index (κ1) is 18.9. The molecule has 0 aromatic heterocycles. The van der Waals surface area contributed by atoms with Crippen molar-refractivity contribution in [2.24, 2.45) is 0 Å². The van der Waals surface area contributed by atoms with Crippen LogP contribution in [0.1, 0.15) is 18.1 Å². The maximum Gasteiger partial charge on any atom is 0.242 e. The summed E-state index contributed by atoms with van der Waals surface area (Å²) in [7, 11) is 1.51. The number of halogens is 2. The fourth-order valence-electron chi connectivity index (χ4n) is 2.48. The van der Waals surface area contributed by atoms with E-state index in [1.54, 1.807) is 49.4 Å². The standard InChI is InChI=1S/C19H20ClFN2O2/c1-13(19(25)22-2)23(12-14-7-9-16(20)10-8-14)18(24)11-15-5-3-4-6-17(15)21/h3-10,13H,11-12H2,1-2H3,(H,22,25)/t13-/m0/s1. The van der Waals surface area contributed by atoms with Crippen LogP contribution in [-0.2, 0) is 22.6 Å². The van der Waals surface area contributed by atoms with Crippen LogP contribution in [-0.4, -0.2) is 29.8 Å². The first-order valence-electron chi connectivity index (χ1n) is 7.91. The van der Waals surface area contributed by atoms with Crippen LogP contribution in [0.5, 0.6) is 0 Å². The van der Waals surface area contributed by atoms with E-state index in [4.69, 9.17) is 11.6 Å². The number of benzene rings is 2. The van der Waals surface area contributed by atoms with E-state index in [0.29, 0.717) is 10.6 Å². The molecule has 2 aromatic rings. The third-order valence-electron chi connectivity index (χ3n) is 3.98. The van der Waals surface area contributed by atoms with Crippen molar-refractivity contribution in [1.29, 1.82) is 0 Å². The quantitative estimate of drug-likeness (QED) is 0.858. The highest BCUT2D eigenvalue weighted by molar-refractivity contribution is 6.30. The second-order valence-corrected chi connectivity index (χ2v) is 6.14. The molecule has 0 aliphatic heterocycles. The van der Waals surface area contributed by atoms with Crippen molar-refractivity contribution in [3.8, 4) is 0 Å². The van der Waals surface area contributed by atoms with Crippen molar-refractivity contribution in [3.63, 3.8) is 0 Å². The summed E-state index contributed by atoms with van der Waals surface area (Å²) < 4.78 is 13.8. The van der Waals surface area contributed by atoms with Gasteiger partial charge < -0.3 is 10.2 Å².